The second-order valence-corrected chi connectivity index (χ2v) is 5.87. The highest BCUT2D eigenvalue weighted by molar-refractivity contribution is 5.91. The highest BCUT2D eigenvalue weighted by atomic mass is 19.1. The lowest BCUT2D eigenvalue weighted by Crippen LogP contribution is -2.34. The Hall–Kier alpha value is -2.32. The predicted molar refractivity (Wildman–Crippen MR) is 81.2 cm³/mol. The van der Waals surface area contributed by atoms with Gasteiger partial charge in [-0.25, -0.2) is 8.78 Å². The molecule has 3 rings (SSSR count). The number of anilines is 1. The lowest BCUT2D eigenvalue weighted by Gasteiger charge is -2.24. The highest BCUT2D eigenvalue weighted by Crippen LogP contribution is 2.33. The van der Waals surface area contributed by atoms with Gasteiger partial charge in [-0.05, 0) is 31.5 Å². The Morgan fingerprint density at radius 1 is 1.46 bits per heavy atom. The Kier molecular flexibility index (Phi) is 4.59. The van der Waals surface area contributed by atoms with Crippen molar-refractivity contribution in [3.05, 3.63) is 47.2 Å². The van der Waals surface area contributed by atoms with Crippen LogP contribution in [-0.2, 0) is 4.79 Å². The molecule has 0 radical (unpaired) electrons. The Morgan fingerprint density at radius 3 is 2.96 bits per heavy atom. The van der Waals surface area contributed by atoms with Crippen molar-refractivity contribution in [2.75, 3.05) is 18.4 Å². The molecule has 1 aliphatic rings. The van der Waals surface area contributed by atoms with Gasteiger partial charge in [-0.15, -0.1) is 0 Å². The van der Waals surface area contributed by atoms with Gasteiger partial charge < -0.3 is 14.9 Å². The van der Waals surface area contributed by atoms with Crippen molar-refractivity contribution in [1.82, 2.24) is 10.1 Å². The molecule has 2 heterocycles. The third-order valence-electron chi connectivity index (χ3n) is 3.94. The number of β-amino-alcohol motifs (C(OH)–C–C–N with tert-alkyl or cyclic N) is 1. The molecule has 1 aromatic carbocycles. The topological polar surface area (TPSA) is 78.6 Å². The number of nitrogens with zero attached hydrogens (tertiary/aromatic N) is 2. The molecule has 1 aliphatic heterocycles. The number of carbonyl (C=O) groups excluding carboxylic acids is 1. The SMILES string of the molecule is Cc1cc(NC(=O)CN2C[C@H](O)C[C@@H]2c2cc(F)ccc2F)no1. The average molecular weight is 337 g/mol. The molecule has 1 fully saturated rings. The van der Waals surface area contributed by atoms with Crippen LogP contribution in [0.2, 0.25) is 0 Å². The molecule has 0 aliphatic carbocycles. The van der Waals surface area contributed by atoms with E-state index in [1.807, 2.05) is 0 Å². The van der Waals surface area contributed by atoms with Crippen molar-refractivity contribution in [3.63, 3.8) is 0 Å². The highest BCUT2D eigenvalue weighted by Gasteiger charge is 2.35. The van der Waals surface area contributed by atoms with E-state index >= 15 is 0 Å². The van der Waals surface area contributed by atoms with E-state index in [1.165, 1.54) is 0 Å². The number of aromatic nitrogens is 1. The summed E-state index contributed by atoms with van der Waals surface area (Å²) in [7, 11) is 0. The lowest BCUT2D eigenvalue weighted by atomic mass is 10.0. The number of aryl methyl sites for hydroxylation is 1. The molecule has 1 saturated heterocycles. The molecule has 0 unspecified atom stereocenters. The fraction of sp³-hybridized carbons (Fsp3) is 0.375. The molecule has 0 spiro atoms. The van der Waals surface area contributed by atoms with Crippen LogP contribution in [0.3, 0.4) is 0 Å². The Labute approximate surface area is 137 Å². The van der Waals surface area contributed by atoms with Crippen LogP contribution in [0.5, 0.6) is 0 Å². The van der Waals surface area contributed by atoms with Gasteiger partial charge in [0.25, 0.3) is 0 Å². The number of hydrogen-bond acceptors (Lipinski definition) is 5. The van der Waals surface area contributed by atoms with Crippen LogP contribution in [0.25, 0.3) is 0 Å². The van der Waals surface area contributed by atoms with E-state index in [2.05, 4.69) is 10.5 Å². The van der Waals surface area contributed by atoms with Crippen LogP contribution in [0.15, 0.2) is 28.8 Å². The molecule has 128 valence electrons. The Balaban J connectivity index is 1.73. The summed E-state index contributed by atoms with van der Waals surface area (Å²) in [6.45, 7) is 1.82. The van der Waals surface area contributed by atoms with Gasteiger partial charge in [0.15, 0.2) is 5.82 Å². The summed E-state index contributed by atoms with van der Waals surface area (Å²) in [5.41, 5.74) is 0.136. The molecular formula is C16H17F2N3O3. The van der Waals surface area contributed by atoms with Crippen LogP contribution in [-0.4, -0.2) is 40.3 Å². The van der Waals surface area contributed by atoms with Crippen molar-refractivity contribution < 1.29 is 23.2 Å². The first-order valence-corrected chi connectivity index (χ1v) is 7.52. The molecule has 2 aromatic rings. The number of benzene rings is 1. The van der Waals surface area contributed by atoms with Crippen molar-refractivity contribution >= 4 is 11.7 Å². The summed E-state index contributed by atoms with van der Waals surface area (Å²) in [4.78, 5) is 13.7. The van der Waals surface area contributed by atoms with Gasteiger partial charge in [0.1, 0.15) is 17.4 Å². The molecule has 0 bridgehead atoms. The number of likely N-dealkylation sites (tertiary alicyclic amines) is 1. The number of amides is 1. The largest absolute Gasteiger partial charge is 0.392 e. The number of carbonyl (C=O) groups is 1. The van der Waals surface area contributed by atoms with Gasteiger partial charge in [0.05, 0.1) is 12.6 Å². The fourth-order valence-electron chi connectivity index (χ4n) is 2.94. The number of nitrogens with one attached hydrogen (secondary N) is 1. The third kappa shape index (κ3) is 3.60. The molecule has 2 N–H and O–H groups in total. The average Bonchev–Trinajstić information content (AvgIpc) is 3.07. The van der Waals surface area contributed by atoms with E-state index in [0.29, 0.717) is 5.76 Å². The van der Waals surface area contributed by atoms with Gasteiger partial charge in [0, 0.05) is 24.2 Å². The predicted octanol–water partition coefficient (Wildman–Crippen LogP) is 2.01. The van der Waals surface area contributed by atoms with E-state index in [4.69, 9.17) is 4.52 Å². The monoisotopic (exact) mass is 337 g/mol. The van der Waals surface area contributed by atoms with E-state index in [9.17, 15) is 18.7 Å². The second kappa shape index (κ2) is 6.66. The zero-order chi connectivity index (χ0) is 17.3. The molecule has 0 saturated carbocycles. The normalized spacial score (nSPS) is 21.2. The molecular weight excluding hydrogens is 320 g/mol. The first-order chi connectivity index (χ1) is 11.4. The quantitative estimate of drug-likeness (QED) is 0.892. The van der Waals surface area contributed by atoms with Gasteiger partial charge >= 0.3 is 0 Å². The number of aliphatic hydroxyl groups is 1. The number of aliphatic hydroxyl groups excluding tert-OH is 1. The molecule has 2 atom stereocenters. The zero-order valence-corrected chi connectivity index (χ0v) is 13.0. The minimum atomic E-state index is -0.709. The third-order valence-corrected chi connectivity index (χ3v) is 3.94. The maximum atomic E-state index is 14.0. The zero-order valence-electron chi connectivity index (χ0n) is 13.0. The first kappa shape index (κ1) is 16.5. The molecule has 1 aromatic heterocycles. The van der Waals surface area contributed by atoms with Crippen molar-refractivity contribution in [1.29, 1.82) is 0 Å². The van der Waals surface area contributed by atoms with E-state index < -0.39 is 23.8 Å². The lowest BCUT2D eigenvalue weighted by molar-refractivity contribution is -0.117. The summed E-state index contributed by atoms with van der Waals surface area (Å²) >= 11 is 0. The van der Waals surface area contributed by atoms with Crippen LogP contribution < -0.4 is 5.32 Å². The Morgan fingerprint density at radius 2 is 2.25 bits per heavy atom. The van der Waals surface area contributed by atoms with Crippen LogP contribution in [0.1, 0.15) is 23.8 Å². The fourth-order valence-corrected chi connectivity index (χ4v) is 2.94. The van der Waals surface area contributed by atoms with E-state index in [1.54, 1.807) is 17.9 Å². The van der Waals surface area contributed by atoms with Gasteiger partial charge in [-0.2, -0.15) is 0 Å². The number of rotatable bonds is 4. The van der Waals surface area contributed by atoms with Crippen LogP contribution in [0, 0.1) is 18.6 Å². The minimum absolute atomic E-state index is 0.0798. The van der Waals surface area contributed by atoms with Gasteiger partial charge in [-0.3, -0.25) is 9.69 Å². The van der Waals surface area contributed by atoms with Crippen molar-refractivity contribution in [2.24, 2.45) is 0 Å². The maximum Gasteiger partial charge on any atom is 0.239 e. The molecule has 24 heavy (non-hydrogen) atoms. The number of hydrogen-bond donors (Lipinski definition) is 2. The summed E-state index contributed by atoms with van der Waals surface area (Å²) in [6, 6.07) is 4.19. The summed E-state index contributed by atoms with van der Waals surface area (Å²) < 4.78 is 32.3. The summed E-state index contributed by atoms with van der Waals surface area (Å²) in [6.07, 6.45) is -0.476. The summed E-state index contributed by atoms with van der Waals surface area (Å²) in [5.74, 6) is -0.658. The molecule has 6 nitrogen and oxygen atoms in total. The maximum absolute atomic E-state index is 14.0. The smallest absolute Gasteiger partial charge is 0.239 e. The van der Waals surface area contributed by atoms with Crippen LogP contribution in [0.4, 0.5) is 14.6 Å². The standard InChI is InChI=1S/C16H17F2N3O3/c1-9-4-15(20-24-9)19-16(23)8-21-7-11(22)6-14(21)12-5-10(17)2-3-13(12)18/h2-5,11,14,22H,6-8H2,1H3,(H,19,20,23)/t11-,14-/m1/s1. The van der Waals surface area contributed by atoms with Crippen molar-refractivity contribution in [2.45, 2.75) is 25.5 Å². The first-order valence-electron chi connectivity index (χ1n) is 7.52. The summed E-state index contributed by atoms with van der Waals surface area (Å²) in [5, 5.41) is 16.1. The molecule has 1 amide bonds. The molecule has 8 heteroatoms. The van der Waals surface area contributed by atoms with E-state index in [-0.39, 0.29) is 36.8 Å². The number of halogens is 2. The van der Waals surface area contributed by atoms with Gasteiger partial charge in [-0.1, -0.05) is 5.16 Å². The van der Waals surface area contributed by atoms with E-state index in [0.717, 1.165) is 18.2 Å². The van der Waals surface area contributed by atoms with Crippen LogP contribution >= 0.6 is 0 Å². The minimum Gasteiger partial charge on any atom is -0.392 e. The van der Waals surface area contributed by atoms with Crippen molar-refractivity contribution in [3.8, 4) is 0 Å². The second-order valence-electron chi connectivity index (χ2n) is 5.87. The van der Waals surface area contributed by atoms with Gasteiger partial charge in [0.2, 0.25) is 5.91 Å². The Bertz CT molecular complexity index is 750.